The van der Waals surface area contributed by atoms with E-state index in [0.717, 1.165) is 0 Å². The maximum atomic E-state index is 11.4. The number of hydrogen-bond donors (Lipinski definition) is 3. The van der Waals surface area contributed by atoms with Crippen LogP contribution >= 0.6 is 15.9 Å². The summed E-state index contributed by atoms with van der Waals surface area (Å²) in [5.74, 6) is -0.363. The number of carbonyl (C=O) groups excluding carboxylic acids is 1. The number of aliphatic hydroxyl groups excluding tert-OH is 2. The quantitative estimate of drug-likeness (QED) is 0.721. The summed E-state index contributed by atoms with van der Waals surface area (Å²) < 4.78 is 5.20. The van der Waals surface area contributed by atoms with Gasteiger partial charge in [-0.2, -0.15) is 0 Å². The van der Waals surface area contributed by atoms with E-state index in [-0.39, 0.29) is 19.1 Å². The Bertz CT molecular complexity index is 312. The van der Waals surface area contributed by atoms with Crippen LogP contribution in [0.5, 0.6) is 0 Å². The molecule has 1 rings (SSSR count). The Labute approximate surface area is 88.9 Å². The lowest BCUT2D eigenvalue weighted by Gasteiger charge is -2.07. The van der Waals surface area contributed by atoms with E-state index in [1.54, 1.807) is 0 Å². The van der Waals surface area contributed by atoms with E-state index >= 15 is 0 Å². The number of carbonyl (C=O) groups is 1. The summed E-state index contributed by atoms with van der Waals surface area (Å²) in [6.45, 7) is -0.375. The zero-order valence-electron chi connectivity index (χ0n) is 7.24. The molecule has 6 heteroatoms. The molecule has 1 unspecified atom stereocenters. The van der Waals surface area contributed by atoms with Gasteiger partial charge in [-0.3, -0.25) is 4.79 Å². The molecule has 0 aliphatic carbocycles. The molecule has 0 aliphatic rings. The van der Waals surface area contributed by atoms with Crippen molar-refractivity contribution in [2.45, 2.75) is 6.10 Å². The Morgan fingerprint density at radius 2 is 2.43 bits per heavy atom. The van der Waals surface area contributed by atoms with Crippen molar-refractivity contribution in [3.63, 3.8) is 0 Å². The van der Waals surface area contributed by atoms with Gasteiger partial charge in [0.25, 0.3) is 5.91 Å². The highest BCUT2D eigenvalue weighted by atomic mass is 79.9. The molecule has 1 aromatic heterocycles. The van der Waals surface area contributed by atoms with Gasteiger partial charge in [-0.15, -0.1) is 0 Å². The van der Waals surface area contributed by atoms with Crippen molar-refractivity contribution in [3.8, 4) is 0 Å². The van der Waals surface area contributed by atoms with Gasteiger partial charge >= 0.3 is 0 Å². The molecular formula is C8H10BrNO4. The predicted octanol–water partition coefficient (Wildman–Crippen LogP) is 0.125. The first-order chi connectivity index (χ1) is 6.65. The van der Waals surface area contributed by atoms with Crippen LogP contribution in [0.25, 0.3) is 0 Å². The van der Waals surface area contributed by atoms with E-state index in [1.807, 2.05) is 0 Å². The Balaban J connectivity index is 2.47. The molecule has 0 radical (unpaired) electrons. The van der Waals surface area contributed by atoms with Crippen LogP contribution in [0.15, 0.2) is 21.4 Å². The summed E-state index contributed by atoms with van der Waals surface area (Å²) in [5.41, 5.74) is 0.357. The molecule has 0 fully saturated rings. The molecule has 78 valence electrons. The number of halogens is 1. The molecule has 3 N–H and O–H groups in total. The van der Waals surface area contributed by atoms with Crippen LogP contribution in [0.2, 0.25) is 0 Å². The number of amides is 1. The molecule has 0 spiro atoms. The third kappa shape index (κ3) is 2.83. The molecule has 5 nitrogen and oxygen atoms in total. The smallest absolute Gasteiger partial charge is 0.255 e. The molecule has 14 heavy (non-hydrogen) atoms. The second-order valence-electron chi connectivity index (χ2n) is 2.65. The maximum Gasteiger partial charge on any atom is 0.255 e. The third-order valence-corrected chi connectivity index (χ3v) is 2.19. The Morgan fingerprint density at radius 1 is 1.71 bits per heavy atom. The Hall–Kier alpha value is -0.850. The molecule has 0 bridgehead atoms. The van der Waals surface area contributed by atoms with Crippen molar-refractivity contribution in [1.82, 2.24) is 5.32 Å². The lowest BCUT2D eigenvalue weighted by molar-refractivity contribution is 0.0801. The van der Waals surface area contributed by atoms with Crippen LogP contribution in [0.4, 0.5) is 0 Å². The van der Waals surface area contributed by atoms with Crippen LogP contribution < -0.4 is 5.32 Å². The predicted molar refractivity (Wildman–Crippen MR) is 51.8 cm³/mol. The summed E-state index contributed by atoms with van der Waals surface area (Å²) in [7, 11) is 0. The summed E-state index contributed by atoms with van der Waals surface area (Å²) in [4.78, 5) is 11.4. The van der Waals surface area contributed by atoms with Gasteiger partial charge in [-0.25, -0.2) is 0 Å². The zero-order chi connectivity index (χ0) is 10.6. The normalized spacial score (nSPS) is 12.5. The largest absolute Gasteiger partial charge is 0.457 e. The van der Waals surface area contributed by atoms with E-state index < -0.39 is 6.10 Å². The summed E-state index contributed by atoms with van der Waals surface area (Å²) in [6.07, 6.45) is 0.436. The topological polar surface area (TPSA) is 82.7 Å². The molecule has 0 aromatic carbocycles. The molecule has 1 atom stereocenters. The molecular weight excluding hydrogens is 254 g/mol. The monoisotopic (exact) mass is 263 g/mol. The summed E-state index contributed by atoms with van der Waals surface area (Å²) in [5, 5.41) is 19.9. The minimum atomic E-state index is -0.940. The first-order valence-corrected chi connectivity index (χ1v) is 4.74. The molecule has 0 aliphatic heterocycles. The average Bonchev–Trinajstić information content (AvgIpc) is 2.60. The minimum absolute atomic E-state index is 0.00690. The first-order valence-electron chi connectivity index (χ1n) is 3.95. The van der Waals surface area contributed by atoms with Crippen molar-refractivity contribution in [3.05, 3.63) is 22.6 Å². The molecule has 1 amide bonds. The molecule has 1 heterocycles. The van der Waals surface area contributed by atoms with Gasteiger partial charge in [0.05, 0.1) is 24.5 Å². The van der Waals surface area contributed by atoms with Crippen molar-refractivity contribution in [2.75, 3.05) is 13.2 Å². The standard InChI is InChI=1S/C8H10BrNO4/c9-7-6(1-2-14-7)8(13)10-3-5(12)4-11/h1-2,5,11-12H,3-4H2,(H,10,13). The second-order valence-corrected chi connectivity index (χ2v) is 3.37. The van der Waals surface area contributed by atoms with Gasteiger partial charge in [0.15, 0.2) is 4.67 Å². The number of rotatable bonds is 4. The lowest BCUT2D eigenvalue weighted by Crippen LogP contribution is -2.33. The highest BCUT2D eigenvalue weighted by molar-refractivity contribution is 9.10. The average molecular weight is 264 g/mol. The summed E-state index contributed by atoms with van der Waals surface area (Å²) >= 11 is 3.05. The van der Waals surface area contributed by atoms with Gasteiger partial charge in [0.1, 0.15) is 0 Å². The van der Waals surface area contributed by atoms with Crippen LogP contribution in [0.1, 0.15) is 10.4 Å². The van der Waals surface area contributed by atoms with Crippen LogP contribution in [-0.2, 0) is 0 Å². The highest BCUT2D eigenvalue weighted by Gasteiger charge is 2.13. The fourth-order valence-electron chi connectivity index (χ4n) is 0.826. The van der Waals surface area contributed by atoms with Gasteiger partial charge in [0.2, 0.25) is 0 Å². The van der Waals surface area contributed by atoms with Crippen molar-refractivity contribution in [2.24, 2.45) is 0 Å². The first kappa shape index (κ1) is 11.2. The Morgan fingerprint density at radius 3 is 2.93 bits per heavy atom. The van der Waals surface area contributed by atoms with Crippen LogP contribution in [0, 0.1) is 0 Å². The van der Waals surface area contributed by atoms with E-state index in [4.69, 9.17) is 14.6 Å². The number of nitrogens with one attached hydrogen (secondary N) is 1. The fourth-order valence-corrected chi connectivity index (χ4v) is 1.25. The van der Waals surface area contributed by atoms with E-state index in [0.29, 0.717) is 10.2 Å². The number of aliphatic hydroxyl groups is 2. The van der Waals surface area contributed by atoms with E-state index in [2.05, 4.69) is 21.2 Å². The van der Waals surface area contributed by atoms with Crippen molar-refractivity contribution < 1.29 is 19.4 Å². The van der Waals surface area contributed by atoms with Crippen LogP contribution in [0.3, 0.4) is 0 Å². The lowest BCUT2D eigenvalue weighted by atomic mass is 10.3. The molecule has 1 aromatic rings. The molecule has 0 saturated carbocycles. The highest BCUT2D eigenvalue weighted by Crippen LogP contribution is 2.16. The zero-order valence-corrected chi connectivity index (χ0v) is 8.82. The van der Waals surface area contributed by atoms with Gasteiger partial charge in [0, 0.05) is 6.54 Å². The van der Waals surface area contributed by atoms with E-state index in [9.17, 15) is 4.79 Å². The Kier molecular flexibility index (Phi) is 4.12. The van der Waals surface area contributed by atoms with Gasteiger partial charge in [-0.1, -0.05) is 0 Å². The van der Waals surface area contributed by atoms with Gasteiger partial charge < -0.3 is 19.9 Å². The van der Waals surface area contributed by atoms with Gasteiger partial charge in [-0.05, 0) is 22.0 Å². The van der Waals surface area contributed by atoms with Crippen LogP contribution in [-0.4, -0.2) is 35.4 Å². The maximum absolute atomic E-state index is 11.4. The van der Waals surface area contributed by atoms with Crippen molar-refractivity contribution in [1.29, 1.82) is 0 Å². The number of hydrogen-bond acceptors (Lipinski definition) is 4. The fraction of sp³-hybridized carbons (Fsp3) is 0.375. The minimum Gasteiger partial charge on any atom is -0.457 e. The SMILES string of the molecule is O=C(NCC(O)CO)c1ccoc1Br. The third-order valence-electron chi connectivity index (χ3n) is 1.57. The second kappa shape index (κ2) is 5.14. The van der Waals surface area contributed by atoms with E-state index in [1.165, 1.54) is 12.3 Å². The summed E-state index contributed by atoms with van der Waals surface area (Å²) in [6, 6.07) is 1.50. The van der Waals surface area contributed by atoms with Crippen molar-refractivity contribution >= 4 is 21.8 Å². The molecule has 0 saturated heterocycles. The number of furan rings is 1.